The minimum atomic E-state index is -0.523. The van der Waals surface area contributed by atoms with Crippen molar-refractivity contribution < 1.29 is 9.90 Å². The summed E-state index contributed by atoms with van der Waals surface area (Å²) in [5.41, 5.74) is 1.88. The van der Waals surface area contributed by atoms with Crippen LogP contribution in [-0.4, -0.2) is 57.7 Å². The van der Waals surface area contributed by atoms with Gasteiger partial charge in [-0.15, -0.1) is 0 Å². The molecule has 1 aromatic heterocycles. The summed E-state index contributed by atoms with van der Waals surface area (Å²) >= 11 is 0. The maximum absolute atomic E-state index is 12.6. The Morgan fingerprint density at radius 1 is 1.13 bits per heavy atom. The standard InChI is InChI=1S/C18H23N3O2/c1-19-9-5-8-17(19)18(23)21-11-10-20(13-16(22)14-21)12-15-6-3-2-4-7-15/h2-9,16,22H,10-14H2,1H3/t16-/m0/s1. The second kappa shape index (κ2) is 6.98. The number of hydrogen-bond donors (Lipinski definition) is 1. The topological polar surface area (TPSA) is 48.7 Å². The fourth-order valence-electron chi connectivity index (χ4n) is 3.07. The smallest absolute Gasteiger partial charge is 0.270 e. The Hall–Kier alpha value is -2.11. The minimum absolute atomic E-state index is 0.0156. The van der Waals surface area contributed by atoms with Crippen molar-refractivity contribution in [2.24, 2.45) is 7.05 Å². The summed E-state index contributed by atoms with van der Waals surface area (Å²) < 4.78 is 1.82. The predicted octanol–water partition coefficient (Wildman–Crippen LogP) is 1.34. The van der Waals surface area contributed by atoms with E-state index in [2.05, 4.69) is 17.0 Å². The highest BCUT2D eigenvalue weighted by Gasteiger charge is 2.26. The van der Waals surface area contributed by atoms with Crippen LogP contribution in [0.25, 0.3) is 0 Å². The van der Waals surface area contributed by atoms with Gasteiger partial charge in [0.25, 0.3) is 5.91 Å². The van der Waals surface area contributed by atoms with Crippen LogP contribution in [0.2, 0.25) is 0 Å². The summed E-state index contributed by atoms with van der Waals surface area (Å²) in [4.78, 5) is 16.6. The van der Waals surface area contributed by atoms with Crippen molar-refractivity contribution >= 4 is 5.91 Å². The summed E-state index contributed by atoms with van der Waals surface area (Å²) in [5, 5.41) is 10.3. The van der Waals surface area contributed by atoms with Crippen LogP contribution in [0.4, 0.5) is 0 Å². The average molecular weight is 313 g/mol. The Balaban J connectivity index is 1.66. The van der Waals surface area contributed by atoms with E-state index in [1.165, 1.54) is 5.56 Å². The molecule has 1 saturated heterocycles. The lowest BCUT2D eigenvalue weighted by molar-refractivity contribution is 0.0654. The fourth-order valence-corrected chi connectivity index (χ4v) is 3.07. The molecule has 0 aliphatic carbocycles. The normalized spacial score (nSPS) is 19.6. The van der Waals surface area contributed by atoms with Gasteiger partial charge in [0.1, 0.15) is 5.69 Å². The third kappa shape index (κ3) is 3.81. The van der Waals surface area contributed by atoms with E-state index in [1.54, 1.807) is 4.90 Å². The van der Waals surface area contributed by atoms with Gasteiger partial charge < -0.3 is 14.6 Å². The van der Waals surface area contributed by atoms with Crippen LogP contribution in [0, 0.1) is 0 Å². The van der Waals surface area contributed by atoms with Gasteiger partial charge in [-0.1, -0.05) is 30.3 Å². The summed E-state index contributed by atoms with van der Waals surface area (Å²) in [5.74, 6) is -0.0156. The molecular formula is C18H23N3O2. The summed E-state index contributed by atoms with van der Waals surface area (Å²) in [6.07, 6.45) is 1.34. The Labute approximate surface area is 136 Å². The van der Waals surface area contributed by atoms with E-state index in [9.17, 15) is 9.90 Å². The Morgan fingerprint density at radius 3 is 2.61 bits per heavy atom. The van der Waals surface area contributed by atoms with Gasteiger partial charge in [-0.05, 0) is 17.7 Å². The highest BCUT2D eigenvalue weighted by molar-refractivity contribution is 5.92. The van der Waals surface area contributed by atoms with E-state index < -0.39 is 6.10 Å². The lowest BCUT2D eigenvalue weighted by atomic mass is 10.2. The molecule has 2 aromatic rings. The maximum atomic E-state index is 12.6. The first-order chi connectivity index (χ1) is 11.1. The van der Waals surface area contributed by atoms with Gasteiger partial charge in [-0.25, -0.2) is 0 Å². The molecule has 0 saturated carbocycles. The molecule has 1 aromatic carbocycles. The first-order valence-electron chi connectivity index (χ1n) is 7.98. The lowest BCUT2D eigenvalue weighted by Crippen LogP contribution is -2.38. The number of hydrogen-bond acceptors (Lipinski definition) is 3. The molecule has 0 radical (unpaired) electrons. The van der Waals surface area contributed by atoms with E-state index in [1.807, 2.05) is 48.1 Å². The van der Waals surface area contributed by atoms with Crippen molar-refractivity contribution in [1.29, 1.82) is 0 Å². The zero-order valence-corrected chi connectivity index (χ0v) is 13.4. The summed E-state index contributed by atoms with van der Waals surface area (Å²) in [7, 11) is 1.86. The molecule has 1 atom stereocenters. The van der Waals surface area contributed by atoms with Crippen molar-refractivity contribution in [3.63, 3.8) is 0 Å². The molecule has 0 unspecified atom stereocenters. The molecule has 1 aliphatic rings. The number of β-amino-alcohol motifs (C(OH)–C–C–N with tert-alkyl or cyclic N) is 1. The van der Waals surface area contributed by atoms with E-state index in [4.69, 9.17) is 0 Å². The third-order valence-corrected chi connectivity index (χ3v) is 4.29. The summed E-state index contributed by atoms with van der Waals surface area (Å²) in [6.45, 7) is 3.17. The molecule has 23 heavy (non-hydrogen) atoms. The lowest BCUT2D eigenvalue weighted by Gasteiger charge is -2.22. The molecule has 1 aliphatic heterocycles. The quantitative estimate of drug-likeness (QED) is 0.930. The minimum Gasteiger partial charge on any atom is -0.390 e. The van der Waals surface area contributed by atoms with Gasteiger partial charge >= 0.3 is 0 Å². The highest BCUT2D eigenvalue weighted by Crippen LogP contribution is 2.12. The first-order valence-corrected chi connectivity index (χ1v) is 7.98. The van der Waals surface area contributed by atoms with Gasteiger partial charge in [0, 0.05) is 46.0 Å². The molecular weight excluding hydrogens is 290 g/mol. The summed E-state index contributed by atoms with van der Waals surface area (Å²) in [6, 6.07) is 13.9. The number of nitrogens with zero attached hydrogens (tertiary/aromatic N) is 3. The van der Waals surface area contributed by atoms with Crippen molar-refractivity contribution in [3.05, 3.63) is 59.9 Å². The SMILES string of the molecule is Cn1cccc1C(=O)N1CCN(Cc2ccccc2)C[C@H](O)C1. The number of aryl methyl sites for hydroxylation is 1. The molecule has 3 rings (SSSR count). The third-order valence-electron chi connectivity index (χ3n) is 4.29. The van der Waals surface area contributed by atoms with Crippen LogP contribution in [0.15, 0.2) is 48.7 Å². The number of amides is 1. The monoisotopic (exact) mass is 313 g/mol. The van der Waals surface area contributed by atoms with Crippen LogP contribution in [0.3, 0.4) is 0 Å². The van der Waals surface area contributed by atoms with Crippen LogP contribution in [0.1, 0.15) is 16.1 Å². The molecule has 1 N–H and O–H groups in total. The number of aliphatic hydroxyl groups excluding tert-OH is 1. The van der Waals surface area contributed by atoms with E-state index in [-0.39, 0.29) is 5.91 Å². The van der Waals surface area contributed by atoms with Crippen molar-refractivity contribution in [1.82, 2.24) is 14.4 Å². The second-order valence-electron chi connectivity index (χ2n) is 6.13. The first kappa shape index (κ1) is 15.8. The zero-order chi connectivity index (χ0) is 16.2. The molecule has 0 spiro atoms. The Morgan fingerprint density at radius 2 is 1.91 bits per heavy atom. The maximum Gasteiger partial charge on any atom is 0.270 e. The molecule has 2 heterocycles. The zero-order valence-electron chi connectivity index (χ0n) is 13.4. The van der Waals surface area contributed by atoms with Crippen LogP contribution in [-0.2, 0) is 13.6 Å². The molecule has 1 amide bonds. The fraction of sp³-hybridized carbons (Fsp3) is 0.389. The van der Waals surface area contributed by atoms with E-state index >= 15 is 0 Å². The van der Waals surface area contributed by atoms with Gasteiger partial charge in [0.15, 0.2) is 0 Å². The number of aliphatic hydroxyl groups is 1. The van der Waals surface area contributed by atoms with Crippen molar-refractivity contribution in [2.75, 3.05) is 26.2 Å². The number of carbonyl (C=O) groups excluding carboxylic acids is 1. The Bertz CT molecular complexity index is 653. The highest BCUT2D eigenvalue weighted by atomic mass is 16.3. The van der Waals surface area contributed by atoms with E-state index in [0.717, 1.165) is 13.1 Å². The molecule has 0 bridgehead atoms. The van der Waals surface area contributed by atoms with Gasteiger partial charge in [-0.2, -0.15) is 0 Å². The van der Waals surface area contributed by atoms with Crippen molar-refractivity contribution in [3.8, 4) is 0 Å². The van der Waals surface area contributed by atoms with Gasteiger partial charge in [-0.3, -0.25) is 9.69 Å². The number of carbonyl (C=O) groups is 1. The van der Waals surface area contributed by atoms with Crippen LogP contribution >= 0.6 is 0 Å². The Kier molecular flexibility index (Phi) is 4.79. The van der Waals surface area contributed by atoms with Crippen LogP contribution in [0.5, 0.6) is 0 Å². The molecule has 5 nitrogen and oxygen atoms in total. The van der Waals surface area contributed by atoms with Crippen LogP contribution < -0.4 is 0 Å². The largest absolute Gasteiger partial charge is 0.390 e. The molecule has 5 heteroatoms. The number of rotatable bonds is 3. The van der Waals surface area contributed by atoms with Crippen molar-refractivity contribution in [2.45, 2.75) is 12.6 Å². The number of aromatic nitrogens is 1. The van der Waals surface area contributed by atoms with Gasteiger partial charge in [0.05, 0.1) is 6.10 Å². The van der Waals surface area contributed by atoms with E-state index in [0.29, 0.717) is 25.3 Å². The average Bonchev–Trinajstić information content (AvgIpc) is 2.88. The van der Waals surface area contributed by atoms with Gasteiger partial charge in [0.2, 0.25) is 0 Å². The molecule has 122 valence electrons. The molecule has 1 fully saturated rings. The number of benzene rings is 1. The predicted molar refractivity (Wildman–Crippen MR) is 89.0 cm³/mol. The second-order valence-corrected chi connectivity index (χ2v) is 6.13.